The Morgan fingerprint density at radius 2 is 1.77 bits per heavy atom. The number of sulfonamides is 1. The van der Waals surface area contributed by atoms with Gasteiger partial charge in [0.05, 0.1) is 11.4 Å². The van der Waals surface area contributed by atoms with Crippen LogP contribution >= 0.6 is 0 Å². The Kier molecular flexibility index (Phi) is 5.02. The lowest BCUT2D eigenvalue weighted by atomic mass is 10.1. The van der Waals surface area contributed by atoms with Crippen molar-refractivity contribution in [3.05, 3.63) is 36.4 Å². The summed E-state index contributed by atoms with van der Waals surface area (Å²) in [7, 11) is 1.68. The van der Waals surface area contributed by atoms with Crippen LogP contribution in [0.1, 0.15) is 0 Å². The maximum atomic E-state index is 12.5. The number of likely N-dealkylation sites (N-methyl/N-ethyl adjacent to an activating group) is 1. The average molecular weight is 323 g/mol. The summed E-state index contributed by atoms with van der Waals surface area (Å²) in [6.45, 7) is -0.0947. The van der Waals surface area contributed by atoms with Crippen molar-refractivity contribution >= 4 is 26.5 Å². The van der Waals surface area contributed by atoms with E-state index in [9.17, 15) is 13.5 Å². The third-order valence-corrected chi connectivity index (χ3v) is 4.91. The third kappa shape index (κ3) is 3.38. The molecular weight excluding hydrogens is 302 g/mol. The molecular formula is C15H21N3O3S. The zero-order chi connectivity index (χ0) is 16.3. The van der Waals surface area contributed by atoms with E-state index in [1.54, 1.807) is 25.2 Å². The molecule has 3 N–H and O–H groups in total. The van der Waals surface area contributed by atoms with Crippen LogP contribution in [0, 0.1) is 0 Å². The van der Waals surface area contributed by atoms with Gasteiger partial charge in [0.25, 0.3) is 0 Å². The smallest absolute Gasteiger partial charge is 0.241 e. The molecule has 0 aliphatic rings. The van der Waals surface area contributed by atoms with E-state index in [0.717, 1.165) is 11.1 Å². The Morgan fingerprint density at radius 1 is 1.14 bits per heavy atom. The minimum Gasteiger partial charge on any atom is -0.377 e. The highest BCUT2D eigenvalue weighted by atomic mass is 32.2. The van der Waals surface area contributed by atoms with Gasteiger partial charge in [-0.2, -0.15) is 0 Å². The number of aliphatic hydroxyl groups is 1. The van der Waals surface area contributed by atoms with E-state index in [4.69, 9.17) is 0 Å². The number of aliphatic hydroxyl groups excluding tert-OH is 1. The molecule has 7 heteroatoms. The molecule has 2 aromatic carbocycles. The van der Waals surface area contributed by atoms with Gasteiger partial charge in [-0.1, -0.05) is 24.3 Å². The van der Waals surface area contributed by atoms with Gasteiger partial charge in [0.1, 0.15) is 6.23 Å². The molecule has 0 spiro atoms. The van der Waals surface area contributed by atoms with E-state index in [0.29, 0.717) is 5.39 Å². The van der Waals surface area contributed by atoms with E-state index < -0.39 is 16.3 Å². The van der Waals surface area contributed by atoms with Crippen LogP contribution in [-0.2, 0) is 10.0 Å². The Morgan fingerprint density at radius 3 is 2.41 bits per heavy atom. The van der Waals surface area contributed by atoms with Gasteiger partial charge in [-0.25, -0.2) is 13.1 Å². The molecule has 22 heavy (non-hydrogen) atoms. The molecule has 0 aromatic heterocycles. The van der Waals surface area contributed by atoms with E-state index in [1.165, 1.54) is 0 Å². The van der Waals surface area contributed by atoms with Crippen LogP contribution in [0.4, 0.5) is 5.69 Å². The summed E-state index contributed by atoms with van der Waals surface area (Å²) >= 11 is 0. The van der Waals surface area contributed by atoms with Crippen molar-refractivity contribution in [1.29, 1.82) is 0 Å². The molecule has 1 unspecified atom stereocenters. The zero-order valence-electron chi connectivity index (χ0n) is 12.9. The summed E-state index contributed by atoms with van der Waals surface area (Å²) < 4.78 is 27.4. The van der Waals surface area contributed by atoms with Crippen LogP contribution in [0.2, 0.25) is 0 Å². The molecule has 0 heterocycles. The van der Waals surface area contributed by atoms with Gasteiger partial charge in [-0.15, -0.1) is 0 Å². The Hall–Kier alpha value is -1.67. The quantitative estimate of drug-likeness (QED) is 0.683. The van der Waals surface area contributed by atoms with Crippen molar-refractivity contribution in [2.24, 2.45) is 0 Å². The maximum absolute atomic E-state index is 12.5. The summed E-state index contributed by atoms with van der Waals surface area (Å²) in [5.74, 6) is 0. The molecule has 0 saturated carbocycles. The molecule has 0 bridgehead atoms. The van der Waals surface area contributed by atoms with Crippen molar-refractivity contribution in [1.82, 2.24) is 10.0 Å². The van der Waals surface area contributed by atoms with Gasteiger partial charge in [0, 0.05) is 30.6 Å². The standard InChI is InChI=1S/C15H21N3O3S/c1-16-15(19)10-17-22(20,21)14-9-5-6-11-12(14)7-4-8-13(11)18(2)3/h4-9,15-17,19H,10H2,1-3H3. The van der Waals surface area contributed by atoms with Crippen LogP contribution in [0.25, 0.3) is 10.8 Å². The SMILES string of the molecule is CNC(O)CNS(=O)(=O)c1cccc2c(N(C)C)cccc12. The maximum Gasteiger partial charge on any atom is 0.241 e. The second-order valence-electron chi connectivity index (χ2n) is 5.18. The number of anilines is 1. The van der Waals surface area contributed by atoms with Crippen LogP contribution < -0.4 is 14.9 Å². The highest BCUT2D eigenvalue weighted by Crippen LogP contribution is 2.29. The number of nitrogens with zero attached hydrogens (tertiary/aromatic N) is 1. The monoisotopic (exact) mass is 323 g/mol. The van der Waals surface area contributed by atoms with E-state index >= 15 is 0 Å². The summed E-state index contributed by atoms with van der Waals surface area (Å²) in [6.07, 6.45) is -0.929. The largest absolute Gasteiger partial charge is 0.377 e. The predicted molar refractivity (Wildman–Crippen MR) is 88.5 cm³/mol. The molecule has 0 amide bonds. The highest BCUT2D eigenvalue weighted by Gasteiger charge is 2.19. The number of hydrogen-bond acceptors (Lipinski definition) is 5. The third-order valence-electron chi connectivity index (χ3n) is 3.43. The molecule has 0 aliphatic carbocycles. The summed E-state index contributed by atoms with van der Waals surface area (Å²) in [5, 5.41) is 13.5. The minimum absolute atomic E-state index is 0.0947. The molecule has 2 aromatic rings. The number of hydrogen-bond donors (Lipinski definition) is 3. The second-order valence-corrected chi connectivity index (χ2v) is 6.91. The predicted octanol–water partition coefficient (Wildman–Crippen LogP) is 0.722. The van der Waals surface area contributed by atoms with Crippen molar-refractivity contribution < 1.29 is 13.5 Å². The molecule has 0 saturated heterocycles. The van der Waals surface area contributed by atoms with Gasteiger partial charge in [-0.05, 0) is 19.2 Å². The van der Waals surface area contributed by atoms with Crippen LogP contribution in [0.3, 0.4) is 0 Å². The van der Waals surface area contributed by atoms with Gasteiger partial charge in [0.15, 0.2) is 0 Å². The first-order valence-electron chi connectivity index (χ1n) is 6.91. The normalized spacial score (nSPS) is 13.3. The molecule has 2 rings (SSSR count). The molecule has 0 radical (unpaired) electrons. The van der Waals surface area contributed by atoms with Crippen molar-refractivity contribution in [2.75, 3.05) is 32.6 Å². The molecule has 6 nitrogen and oxygen atoms in total. The number of benzene rings is 2. The lowest BCUT2D eigenvalue weighted by Crippen LogP contribution is -2.38. The van der Waals surface area contributed by atoms with Gasteiger partial charge in [0.2, 0.25) is 10.0 Å². The van der Waals surface area contributed by atoms with Gasteiger partial charge < -0.3 is 10.0 Å². The average Bonchev–Trinajstić information content (AvgIpc) is 2.51. The second kappa shape index (κ2) is 6.62. The van der Waals surface area contributed by atoms with E-state index in [-0.39, 0.29) is 11.4 Å². The topological polar surface area (TPSA) is 81.7 Å². The fourth-order valence-electron chi connectivity index (χ4n) is 2.26. The number of fused-ring (bicyclic) bond motifs is 1. The van der Waals surface area contributed by atoms with Crippen molar-refractivity contribution in [3.63, 3.8) is 0 Å². The lowest BCUT2D eigenvalue weighted by Gasteiger charge is -2.17. The summed E-state index contributed by atoms with van der Waals surface area (Å²) in [6, 6.07) is 10.7. The Labute approximate surface area is 130 Å². The summed E-state index contributed by atoms with van der Waals surface area (Å²) in [4.78, 5) is 2.15. The Balaban J connectivity index is 2.50. The Bertz CT molecular complexity index is 760. The minimum atomic E-state index is -3.70. The number of rotatable bonds is 6. The lowest BCUT2D eigenvalue weighted by molar-refractivity contribution is 0.151. The van der Waals surface area contributed by atoms with Crippen molar-refractivity contribution in [3.8, 4) is 0 Å². The van der Waals surface area contributed by atoms with Crippen molar-refractivity contribution in [2.45, 2.75) is 11.1 Å². The molecule has 0 aliphatic heterocycles. The highest BCUT2D eigenvalue weighted by molar-refractivity contribution is 7.89. The first kappa shape index (κ1) is 16.7. The fourth-order valence-corrected chi connectivity index (χ4v) is 3.52. The first-order valence-corrected chi connectivity index (χ1v) is 8.39. The molecule has 120 valence electrons. The summed E-state index contributed by atoms with van der Waals surface area (Å²) in [5.41, 5.74) is 0.949. The molecule has 1 atom stereocenters. The van der Waals surface area contributed by atoms with Gasteiger partial charge in [-0.3, -0.25) is 5.32 Å². The molecule has 0 fully saturated rings. The zero-order valence-corrected chi connectivity index (χ0v) is 13.7. The fraction of sp³-hybridized carbons (Fsp3) is 0.333. The first-order chi connectivity index (χ1) is 10.4. The van der Waals surface area contributed by atoms with Crippen LogP contribution in [0.5, 0.6) is 0 Å². The van der Waals surface area contributed by atoms with E-state index in [2.05, 4.69) is 10.0 Å². The van der Waals surface area contributed by atoms with E-state index in [1.807, 2.05) is 37.2 Å². The number of nitrogens with one attached hydrogen (secondary N) is 2. The van der Waals surface area contributed by atoms with Gasteiger partial charge >= 0.3 is 0 Å². The van der Waals surface area contributed by atoms with Crippen LogP contribution in [-0.4, -0.2) is 47.4 Å². The van der Waals surface area contributed by atoms with Crippen LogP contribution in [0.15, 0.2) is 41.3 Å².